The van der Waals surface area contributed by atoms with Crippen LogP contribution in [0.25, 0.3) is 32.2 Å². The van der Waals surface area contributed by atoms with Crippen LogP contribution < -0.4 is 4.74 Å². The second kappa shape index (κ2) is 8.31. The van der Waals surface area contributed by atoms with Crippen molar-refractivity contribution in [1.29, 1.82) is 0 Å². The molecule has 1 aliphatic rings. The third-order valence-corrected chi connectivity index (χ3v) is 7.18. The molecule has 31 heavy (non-hydrogen) atoms. The van der Waals surface area contributed by atoms with Crippen molar-refractivity contribution in [1.82, 2.24) is 4.98 Å². The van der Waals surface area contributed by atoms with E-state index in [-0.39, 0.29) is 11.7 Å². The zero-order valence-corrected chi connectivity index (χ0v) is 18.4. The fourth-order valence-corrected chi connectivity index (χ4v) is 5.55. The highest BCUT2D eigenvalue weighted by Crippen LogP contribution is 2.38. The fraction of sp³-hybridized carbons (Fsp3) is 0.308. The van der Waals surface area contributed by atoms with E-state index in [1.807, 2.05) is 24.3 Å². The fourth-order valence-electron chi connectivity index (χ4n) is 4.59. The molecule has 0 bridgehead atoms. The highest BCUT2D eigenvalue weighted by molar-refractivity contribution is 7.17. The van der Waals surface area contributed by atoms with Crippen LogP contribution in [0.1, 0.15) is 54.9 Å². The Morgan fingerprint density at radius 1 is 1.16 bits per heavy atom. The summed E-state index contributed by atoms with van der Waals surface area (Å²) < 4.78 is 7.53. The topological polar surface area (TPSA) is 59.4 Å². The minimum Gasteiger partial charge on any atom is -0.490 e. The van der Waals surface area contributed by atoms with Crippen LogP contribution in [-0.2, 0) is 6.42 Å². The van der Waals surface area contributed by atoms with Gasteiger partial charge in [-0.15, -0.1) is 11.3 Å². The number of carboxylic acid groups (broad SMARTS) is 1. The van der Waals surface area contributed by atoms with Gasteiger partial charge in [0.05, 0.1) is 28.3 Å². The van der Waals surface area contributed by atoms with E-state index in [1.54, 1.807) is 17.4 Å². The number of aryl methyl sites for hydroxylation is 1. The van der Waals surface area contributed by atoms with Crippen molar-refractivity contribution in [2.45, 2.75) is 51.6 Å². The Morgan fingerprint density at radius 3 is 2.74 bits per heavy atom. The van der Waals surface area contributed by atoms with Gasteiger partial charge in [-0.1, -0.05) is 37.6 Å². The van der Waals surface area contributed by atoms with Gasteiger partial charge in [-0.05, 0) is 55.9 Å². The molecule has 0 amide bonds. The Bertz CT molecular complexity index is 1270. The van der Waals surface area contributed by atoms with E-state index in [0.29, 0.717) is 16.8 Å². The molecule has 2 aromatic heterocycles. The Hall–Kier alpha value is -2.92. The lowest BCUT2D eigenvalue weighted by molar-refractivity contribution is 0.0698. The van der Waals surface area contributed by atoms with Gasteiger partial charge < -0.3 is 9.84 Å². The number of nitrogens with zero attached hydrogens (tertiary/aromatic N) is 1. The first-order chi connectivity index (χ1) is 15.2. The summed E-state index contributed by atoms with van der Waals surface area (Å²) in [6.07, 6.45) is 6.53. The van der Waals surface area contributed by atoms with Crippen LogP contribution in [0.3, 0.4) is 0 Å². The molecule has 1 N–H and O–H groups in total. The summed E-state index contributed by atoms with van der Waals surface area (Å²) in [6.45, 7) is 2.07. The summed E-state index contributed by atoms with van der Waals surface area (Å²) in [6, 6.07) is 13.9. The van der Waals surface area contributed by atoms with Crippen LogP contribution >= 0.6 is 11.3 Å². The maximum atomic E-state index is 12.4. The van der Waals surface area contributed by atoms with Gasteiger partial charge in [0.15, 0.2) is 0 Å². The molecule has 0 saturated heterocycles. The van der Waals surface area contributed by atoms with Crippen LogP contribution in [0.4, 0.5) is 0 Å². The van der Waals surface area contributed by atoms with Crippen LogP contribution in [0, 0.1) is 0 Å². The number of aromatic carboxylic acids is 1. The monoisotopic (exact) mass is 431 g/mol. The summed E-state index contributed by atoms with van der Waals surface area (Å²) in [4.78, 5) is 17.4. The molecule has 5 rings (SSSR count). The van der Waals surface area contributed by atoms with E-state index >= 15 is 0 Å². The first-order valence-electron chi connectivity index (χ1n) is 11.0. The summed E-state index contributed by atoms with van der Waals surface area (Å²) >= 11 is 1.65. The molecule has 0 unspecified atom stereocenters. The number of hydrogen-bond acceptors (Lipinski definition) is 4. The number of benzene rings is 2. The molecule has 4 aromatic rings. The number of pyridine rings is 1. The van der Waals surface area contributed by atoms with Crippen molar-refractivity contribution < 1.29 is 14.6 Å². The number of hydrogen-bond donors (Lipinski definition) is 1. The number of thiophene rings is 1. The van der Waals surface area contributed by atoms with Gasteiger partial charge in [-0.25, -0.2) is 9.78 Å². The SMILES string of the molecule is CCc1ccc(OC2CCCCC2)c2c(C(=O)O)cc(-c3csc4ccccc34)nc12. The molecule has 1 aliphatic carbocycles. The van der Waals surface area contributed by atoms with E-state index in [1.165, 1.54) is 11.1 Å². The van der Waals surface area contributed by atoms with E-state index in [2.05, 4.69) is 24.4 Å². The lowest BCUT2D eigenvalue weighted by Gasteiger charge is -2.24. The molecule has 4 nitrogen and oxygen atoms in total. The number of aromatic nitrogens is 1. The van der Waals surface area contributed by atoms with Crippen LogP contribution in [0.15, 0.2) is 47.8 Å². The molecule has 1 fully saturated rings. The number of carboxylic acids is 1. The second-order valence-electron chi connectivity index (χ2n) is 8.18. The van der Waals surface area contributed by atoms with Gasteiger partial charge in [0.2, 0.25) is 0 Å². The smallest absolute Gasteiger partial charge is 0.336 e. The summed E-state index contributed by atoms with van der Waals surface area (Å²) in [5, 5.41) is 13.9. The molecule has 158 valence electrons. The zero-order valence-electron chi connectivity index (χ0n) is 17.6. The van der Waals surface area contributed by atoms with Gasteiger partial charge in [0, 0.05) is 21.0 Å². The quantitative estimate of drug-likeness (QED) is 0.366. The third-order valence-electron chi connectivity index (χ3n) is 6.22. The van der Waals surface area contributed by atoms with Crippen molar-refractivity contribution in [3.05, 3.63) is 59.0 Å². The average Bonchev–Trinajstić information content (AvgIpc) is 3.23. The van der Waals surface area contributed by atoms with Crippen molar-refractivity contribution in [3.63, 3.8) is 0 Å². The van der Waals surface area contributed by atoms with Crippen molar-refractivity contribution >= 4 is 38.3 Å². The normalized spacial score (nSPS) is 14.9. The lowest BCUT2D eigenvalue weighted by Crippen LogP contribution is -2.20. The van der Waals surface area contributed by atoms with Gasteiger partial charge in [0.25, 0.3) is 0 Å². The predicted molar refractivity (Wildman–Crippen MR) is 126 cm³/mol. The maximum Gasteiger partial charge on any atom is 0.336 e. The molecular weight excluding hydrogens is 406 g/mol. The Morgan fingerprint density at radius 2 is 1.97 bits per heavy atom. The highest BCUT2D eigenvalue weighted by atomic mass is 32.1. The van der Waals surface area contributed by atoms with Crippen LogP contribution in [0.2, 0.25) is 0 Å². The summed E-state index contributed by atoms with van der Waals surface area (Å²) in [5.41, 5.74) is 3.71. The number of rotatable bonds is 5. The van der Waals surface area contributed by atoms with Crippen molar-refractivity contribution in [3.8, 4) is 17.0 Å². The molecule has 1 saturated carbocycles. The molecule has 2 heterocycles. The standard InChI is InChI=1S/C26H25NO3S/c1-2-16-12-13-22(30-17-8-4-3-5-9-17)24-19(26(28)29)14-21(27-25(16)24)20-15-31-23-11-7-6-10-18(20)23/h6-7,10-15,17H,2-5,8-9H2,1H3,(H,28,29). The third kappa shape index (κ3) is 3.68. The highest BCUT2D eigenvalue weighted by Gasteiger charge is 2.22. The predicted octanol–water partition coefficient (Wildman–Crippen LogP) is 7.09. The molecule has 0 atom stereocenters. The zero-order chi connectivity index (χ0) is 21.4. The number of ether oxygens (including phenoxy) is 1. The Balaban J connectivity index is 1.72. The largest absolute Gasteiger partial charge is 0.490 e. The molecule has 2 aromatic carbocycles. The van der Waals surface area contributed by atoms with Gasteiger partial charge in [0.1, 0.15) is 5.75 Å². The molecule has 0 radical (unpaired) electrons. The Kier molecular flexibility index (Phi) is 5.36. The van der Waals surface area contributed by atoms with Gasteiger partial charge in [-0.2, -0.15) is 0 Å². The summed E-state index contributed by atoms with van der Waals surface area (Å²) in [5.74, 6) is -0.305. The summed E-state index contributed by atoms with van der Waals surface area (Å²) in [7, 11) is 0. The average molecular weight is 432 g/mol. The lowest BCUT2D eigenvalue weighted by atomic mass is 9.97. The van der Waals surface area contributed by atoms with Gasteiger partial charge >= 0.3 is 5.97 Å². The van der Waals surface area contributed by atoms with Gasteiger partial charge in [-0.3, -0.25) is 0 Å². The first-order valence-corrected chi connectivity index (χ1v) is 11.9. The molecule has 0 aliphatic heterocycles. The van der Waals surface area contributed by atoms with Crippen molar-refractivity contribution in [2.75, 3.05) is 0 Å². The van der Waals surface area contributed by atoms with E-state index in [9.17, 15) is 9.90 Å². The Labute approximate surface area is 185 Å². The van der Waals surface area contributed by atoms with E-state index in [0.717, 1.165) is 54.1 Å². The maximum absolute atomic E-state index is 12.4. The second-order valence-corrected chi connectivity index (χ2v) is 9.09. The van der Waals surface area contributed by atoms with Crippen LogP contribution in [-0.4, -0.2) is 22.2 Å². The molecule has 0 spiro atoms. The van der Waals surface area contributed by atoms with Crippen LogP contribution in [0.5, 0.6) is 5.75 Å². The van der Waals surface area contributed by atoms with Crippen molar-refractivity contribution in [2.24, 2.45) is 0 Å². The van der Waals surface area contributed by atoms with E-state index in [4.69, 9.17) is 9.72 Å². The molecule has 5 heteroatoms. The first kappa shape index (κ1) is 20.0. The number of fused-ring (bicyclic) bond motifs is 2. The minimum atomic E-state index is -0.949. The molecular formula is C26H25NO3S. The number of carbonyl (C=O) groups is 1. The van der Waals surface area contributed by atoms with E-state index < -0.39 is 5.97 Å². The minimum absolute atomic E-state index is 0.145.